The topological polar surface area (TPSA) is 160 Å². The average molecular weight is 667 g/mol. The molecule has 0 aliphatic rings. The lowest BCUT2D eigenvalue weighted by molar-refractivity contribution is -0.162. The highest BCUT2D eigenvalue weighted by molar-refractivity contribution is 7.46. The quantitative estimate of drug-likeness (QED) is 0.0306. The largest absolute Gasteiger partial charge is 0.469 e. The number of carbonyl (C=O) groups excluding carboxylic acids is 2. The number of phosphoric acid groups is 1. The van der Waals surface area contributed by atoms with E-state index >= 15 is 0 Å². The molecule has 0 spiro atoms. The fourth-order valence-corrected chi connectivity index (χ4v) is 5.58. The lowest BCUT2D eigenvalue weighted by Gasteiger charge is -2.24. The van der Waals surface area contributed by atoms with Gasteiger partial charge in [0.15, 0.2) is 0 Å². The number of aliphatic hydroxyl groups excluding tert-OH is 2. The Morgan fingerprint density at radius 3 is 1.33 bits per heavy atom. The van der Waals surface area contributed by atoms with Crippen molar-refractivity contribution >= 4 is 19.8 Å². The van der Waals surface area contributed by atoms with Crippen molar-refractivity contribution in [3.63, 3.8) is 0 Å². The molecule has 0 bridgehead atoms. The van der Waals surface area contributed by atoms with Gasteiger partial charge in [0.2, 0.25) is 0 Å². The summed E-state index contributed by atoms with van der Waals surface area (Å²) in [6, 6.07) is 0. The number of unbranched alkanes of at least 4 members (excludes halogenated alkanes) is 20. The van der Waals surface area contributed by atoms with E-state index in [1.54, 1.807) is 0 Å². The van der Waals surface area contributed by atoms with Crippen LogP contribution in [0, 0.1) is 0 Å². The summed E-state index contributed by atoms with van der Waals surface area (Å²) in [6.07, 6.45) is 21.6. The summed E-state index contributed by atoms with van der Waals surface area (Å²) in [7, 11) is -4.83. The van der Waals surface area contributed by atoms with Gasteiger partial charge in [-0.15, -0.1) is 0 Å². The summed E-state index contributed by atoms with van der Waals surface area (Å²) < 4.78 is 26.0. The molecule has 0 fully saturated rings. The van der Waals surface area contributed by atoms with Gasteiger partial charge in [0.05, 0.1) is 12.7 Å². The first-order valence-electron chi connectivity index (χ1n) is 18.0. The summed E-state index contributed by atoms with van der Waals surface area (Å²) in [5.74, 6) is -0.900. The number of phosphoric ester groups is 1. The van der Waals surface area contributed by atoms with Crippen LogP contribution in [0.2, 0.25) is 0 Å². The van der Waals surface area contributed by atoms with Gasteiger partial charge >= 0.3 is 19.8 Å². The minimum atomic E-state index is -4.83. The molecule has 4 N–H and O–H groups in total. The van der Waals surface area contributed by atoms with E-state index in [4.69, 9.17) is 19.3 Å². The van der Waals surface area contributed by atoms with E-state index in [-0.39, 0.29) is 25.9 Å². The third-order valence-corrected chi connectivity index (χ3v) is 8.54. The Hall–Kier alpha value is -1.03. The van der Waals surface area contributed by atoms with E-state index in [2.05, 4.69) is 18.4 Å². The summed E-state index contributed by atoms with van der Waals surface area (Å²) in [5.41, 5.74) is 0. The number of esters is 2. The predicted octanol–water partition coefficient (Wildman–Crippen LogP) is 8.06. The van der Waals surface area contributed by atoms with Crippen LogP contribution in [0.3, 0.4) is 0 Å². The third kappa shape index (κ3) is 31.3. The predicted molar refractivity (Wildman–Crippen MR) is 178 cm³/mol. The fourth-order valence-electron chi connectivity index (χ4n) is 5.23. The number of carbonyl (C=O) groups is 2. The van der Waals surface area contributed by atoms with Crippen molar-refractivity contribution in [1.82, 2.24) is 0 Å². The summed E-state index contributed by atoms with van der Waals surface area (Å²) >= 11 is 0. The molecule has 10 nitrogen and oxygen atoms in total. The molecule has 0 radical (unpaired) electrons. The Morgan fingerprint density at radius 1 is 0.556 bits per heavy atom. The van der Waals surface area contributed by atoms with Crippen molar-refractivity contribution in [3.8, 4) is 0 Å². The lowest BCUT2D eigenvalue weighted by atomic mass is 10.1. The summed E-state index contributed by atoms with van der Waals surface area (Å²) in [6.45, 7) is 3.36. The number of hydrogen-bond donors (Lipinski definition) is 4. The molecule has 0 amide bonds. The highest BCUT2D eigenvalue weighted by Gasteiger charge is 2.27. The number of ether oxygens (including phenoxy) is 2. The zero-order chi connectivity index (χ0) is 33.6. The van der Waals surface area contributed by atoms with Gasteiger partial charge in [0.1, 0.15) is 18.8 Å². The molecule has 0 aliphatic carbocycles. The van der Waals surface area contributed by atoms with E-state index in [0.29, 0.717) is 12.8 Å². The third-order valence-electron chi connectivity index (χ3n) is 8.06. The van der Waals surface area contributed by atoms with Crippen LogP contribution in [0.5, 0.6) is 0 Å². The van der Waals surface area contributed by atoms with Gasteiger partial charge in [-0.25, -0.2) is 4.57 Å². The van der Waals surface area contributed by atoms with Crippen molar-refractivity contribution in [2.45, 2.75) is 193 Å². The first-order chi connectivity index (χ1) is 21.6. The highest BCUT2D eigenvalue weighted by Crippen LogP contribution is 2.36. The van der Waals surface area contributed by atoms with Crippen molar-refractivity contribution in [1.29, 1.82) is 0 Å². The standard InChI is InChI=1S/C34H67O10P/c1-3-5-7-9-11-13-15-17-19-21-23-25-33(37)42-28-30(27-31(35)32(36)29-43-45(39,40)41)44-34(38)26-24-22-20-18-16-14-12-10-8-6-4-2/h30-32,35-36H,3-29H2,1-2H3,(H2,39,40,41). The molecule has 11 heteroatoms. The van der Waals surface area contributed by atoms with Gasteiger partial charge in [0, 0.05) is 19.3 Å². The number of hydrogen-bond acceptors (Lipinski definition) is 8. The Morgan fingerprint density at radius 2 is 0.933 bits per heavy atom. The van der Waals surface area contributed by atoms with Crippen molar-refractivity contribution in [3.05, 3.63) is 0 Å². The second kappa shape index (κ2) is 30.3. The van der Waals surface area contributed by atoms with E-state index in [9.17, 15) is 24.4 Å². The maximum absolute atomic E-state index is 12.5. The smallest absolute Gasteiger partial charge is 0.462 e. The van der Waals surface area contributed by atoms with Crippen LogP contribution < -0.4 is 0 Å². The summed E-state index contributed by atoms with van der Waals surface area (Å²) in [5, 5.41) is 20.4. The van der Waals surface area contributed by atoms with E-state index in [1.807, 2.05) is 0 Å². The molecule has 0 aromatic heterocycles. The molecule has 268 valence electrons. The maximum Gasteiger partial charge on any atom is 0.469 e. The molecule has 3 unspecified atom stereocenters. The first kappa shape index (κ1) is 44.0. The van der Waals surface area contributed by atoms with E-state index in [0.717, 1.165) is 38.5 Å². The van der Waals surface area contributed by atoms with Crippen LogP contribution in [0.25, 0.3) is 0 Å². The Labute approximate surface area is 273 Å². The molecule has 0 aliphatic heterocycles. The van der Waals surface area contributed by atoms with Crippen LogP contribution in [0.1, 0.15) is 174 Å². The van der Waals surface area contributed by atoms with Crippen molar-refractivity contribution < 1.29 is 48.2 Å². The molecule has 0 rings (SSSR count). The highest BCUT2D eigenvalue weighted by atomic mass is 31.2. The van der Waals surface area contributed by atoms with Gasteiger partial charge in [-0.05, 0) is 12.8 Å². The van der Waals surface area contributed by atoms with Gasteiger partial charge in [-0.3, -0.25) is 14.1 Å². The normalized spacial score (nSPS) is 13.8. The van der Waals surface area contributed by atoms with E-state index in [1.165, 1.54) is 89.9 Å². The molecule has 0 heterocycles. The van der Waals surface area contributed by atoms with Crippen LogP contribution in [0.15, 0.2) is 0 Å². The second-order valence-electron chi connectivity index (χ2n) is 12.5. The molecular weight excluding hydrogens is 599 g/mol. The lowest BCUT2D eigenvalue weighted by Crippen LogP contribution is -2.37. The minimum absolute atomic E-state index is 0.195. The monoisotopic (exact) mass is 666 g/mol. The zero-order valence-electron chi connectivity index (χ0n) is 28.5. The minimum Gasteiger partial charge on any atom is -0.462 e. The second-order valence-corrected chi connectivity index (χ2v) is 13.8. The van der Waals surface area contributed by atoms with Crippen LogP contribution >= 0.6 is 7.82 Å². The molecular formula is C34H67O10P. The summed E-state index contributed by atoms with van der Waals surface area (Å²) in [4.78, 5) is 42.5. The number of aliphatic hydroxyl groups is 2. The van der Waals surface area contributed by atoms with Gasteiger partial charge < -0.3 is 29.5 Å². The average Bonchev–Trinajstić information content (AvgIpc) is 2.99. The Balaban J connectivity index is 4.42. The first-order valence-corrected chi connectivity index (χ1v) is 19.5. The zero-order valence-corrected chi connectivity index (χ0v) is 29.4. The molecule has 0 saturated carbocycles. The van der Waals surface area contributed by atoms with Crippen LogP contribution in [-0.2, 0) is 28.2 Å². The van der Waals surface area contributed by atoms with E-state index < -0.39 is 44.7 Å². The molecule has 45 heavy (non-hydrogen) atoms. The SMILES string of the molecule is CCCCCCCCCCCCCC(=O)OCC(CC(O)C(O)COP(=O)(O)O)OC(=O)CCCCCCCCCCCCC. The maximum atomic E-state index is 12.5. The molecule has 0 aromatic carbocycles. The van der Waals surface area contributed by atoms with Crippen molar-refractivity contribution in [2.75, 3.05) is 13.2 Å². The Kier molecular flexibility index (Phi) is 29.6. The van der Waals surface area contributed by atoms with Crippen molar-refractivity contribution in [2.24, 2.45) is 0 Å². The van der Waals surface area contributed by atoms with Gasteiger partial charge in [-0.2, -0.15) is 0 Å². The fraction of sp³-hybridized carbons (Fsp3) is 0.941. The van der Waals surface area contributed by atoms with Gasteiger partial charge in [0.25, 0.3) is 0 Å². The molecule has 3 atom stereocenters. The molecule has 0 saturated heterocycles. The number of rotatable bonds is 33. The Bertz CT molecular complexity index is 744. The van der Waals surface area contributed by atoms with Crippen LogP contribution in [0.4, 0.5) is 0 Å². The van der Waals surface area contributed by atoms with Gasteiger partial charge in [-0.1, -0.05) is 142 Å². The van der Waals surface area contributed by atoms with Crippen LogP contribution in [-0.4, -0.2) is 63.5 Å². The molecule has 0 aromatic rings.